The smallest absolute Gasteiger partial charge is 0.0425 e. The van der Waals surface area contributed by atoms with Gasteiger partial charge < -0.3 is 5.73 Å². The maximum atomic E-state index is 6.73. The molecule has 1 saturated heterocycles. The molecule has 1 aliphatic heterocycles. The standard InChI is InChI=1S/C23H26N2S/c24-23(22-12-7-15-26-22)20-13-14-25(16-18-8-3-1-4-9-18)17-21(20)19-10-5-2-6-11-19/h1-12,15,20-21,23H,13-14,16-17,24H2. The molecule has 2 heterocycles. The van der Waals surface area contributed by atoms with Crippen LogP contribution in [-0.2, 0) is 6.54 Å². The van der Waals surface area contributed by atoms with Crippen LogP contribution in [0.4, 0.5) is 0 Å². The average Bonchev–Trinajstić information content (AvgIpc) is 3.24. The summed E-state index contributed by atoms with van der Waals surface area (Å²) in [4.78, 5) is 3.90. The van der Waals surface area contributed by atoms with E-state index in [0.29, 0.717) is 11.8 Å². The van der Waals surface area contributed by atoms with Crippen molar-refractivity contribution in [2.24, 2.45) is 11.7 Å². The average molecular weight is 363 g/mol. The van der Waals surface area contributed by atoms with Gasteiger partial charge in [0, 0.05) is 29.9 Å². The molecule has 2 aromatic carbocycles. The van der Waals surface area contributed by atoms with Crippen LogP contribution in [0.1, 0.15) is 34.4 Å². The Labute approximate surface area is 160 Å². The second-order valence-electron chi connectivity index (χ2n) is 7.23. The summed E-state index contributed by atoms with van der Waals surface area (Å²) in [5, 5.41) is 2.14. The van der Waals surface area contributed by atoms with Gasteiger partial charge in [0.05, 0.1) is 0 Å². The summed E-state index contributed by atoms with van der Waals surface area (Å²) in [6.45, 7) is 3.20. The molecule has 0 bridgehead atoms. The molecule has 1 aliphatic rings. The molecule has 0 aliphatic carbocycles. The van der Waals surface area contributed by atoms with Crippen LogP contribution in [0.3, 0.4) is 0 Å². The van der Waals surface area contributed by atoms with Gasteiger partial charge in [-0.15, -0.1) is 11.3 Å². The van der Waals surface area contributed by atoms with Crippen LogP contribution >= 0.6 is 11.3 Å². The Bertz CT molecular complexity index is 786. The molecule has 1 aromatic heterocycles. The monoisotopic (exact) mass is 362 g/mol. The van der Waals surface area contributed by atoms with Gasteiger partial charge in [0.1, 0.15) is 0 Å². The summed E-state index contributed by atoms with van der Waals surface area (Å²) in [6, 6.07) is 26.2. The highest BCUT2D eigenvalue weighted by Gasteiger charge is 2.35. The van der Waals surface area contributed by atoms with E-state index in [-0.39, 0.29) is 6.04 Å². The summed E-state index contributed by atoms with van der Waals surface area (Å²) in [5.41, 5.74) is 9.54. The van der Waals surface area contributed by atoms with E-state index in [4.69, 9.17) is 5.73 Å². The van der Waals surface area contributed by atoms with Gasteiger partial charge in [-0.25, -0.2) is 0 Å². The Kier molecular flexibility index (Phi) is 5.49. The molecular formula is C23H26N2S. The van der Waals surface area contributed by atoms with E-state index in [1.165, 1.54) is 16.0 Å². The molecule has 0 saturated carbocycles. The van der Waals surface area contributed by atoms with Gasteiger partial charge in [0.15, 0.2) is 0 Å². The van der Waals surface area contributed by atoms with Crippen molar-refractivity contribution in [3.05, 3.63) is 94.2 Å². The lowest BCUT2D eigenvalue weighted by Crippen LogP contribution is -2.42. The van der Waals surface area contributed by atoms with Crippen LogP contribution in [0.2, 0.25) is 0 Å². The van der Waals surface area contributed by atoms with E-state index in [1.54, 1.807) is 11.3 Å². The van der Waals surface area contributed by atoms with Crippen LogP contribution in [0.5, 0.6) is 0 Å². The van der Waals surface area contributed by atoms with Crippen LogP contribution in [0.25, 0.3) is 0 Å². The fraction of sp³-hybridized carbons (Fsp3) is 0.304. The van der Waals surface area contributed by atoms with Gasteiger partial charge in [-0.2, -0.15) is 0 Å². The van der Waals surface area contributed by atoms with Gasteiger partial charge in [0.2, 0.25) is 0 Å². The third-order valence-corrected chi connectivity index (χ3v) is 6.53. The zero-order valence-electron chi connectivity index (χ0n) is 15.0. The summed E-state index contributed by atoms with van der Waals surface area (Å²) in [7, 11) is 0. The van der Waals surface area contributed by atoms with E-state index in [1.807, 2.05) is 0 Å². The zero-order chi connectivity index (χ0) is 17.8. The Morgan fingerprint density at radius 3 is 2.38 bits per heavy atom. The molecule has 3 atom stereocenters. The Hall–Kier alpha value is -1.94. The third-order valence-electron chi connectivity index (χ3n) is 5.56. The Morgan fingerprint density at radius 1 is 0.962 bits per heavy atom. The predicted octanol–water partition coefficient (Wildman–Crippen LogP) is 5.05. The van der Waals surface area contributed by atoms with Crippen molar-refractivity contribution >= 4 is 11.3 Å². The van der Waals surface area contributed by atoms with Gasteiger partial charge in [0.25, 0.3) is 0 Å². The molecule has 3 unspecified atom stereocenters. The molecule has 3 aromatic rings. The van der Waals surface area contributed by atoms with Crippen molar-refractivity contribution in [3.63, 3.8) is 0 Å². The number of nitrogens with zero attached hydrogens (tertiary/aromatic N) is 1. The van der Waals surface area contributed by atoms with Crippen LogP contribution in [0.15, 0.2) is 78.2 Å². The van der Waals surface area contributed by atoms with E-state index >= 15 is 0 Å². The largest absolute Gasteiger partial charge is 0.323 e. The third kappa shape index (κ3) is 3.90. The van der Waals surface area contributed by atoms with Crippen molar-refractivity contribution in [2.45, 2.75) is 24.9 Å². The van der Waals surface area contributed by atoms with Crippen LogP contribution in [0, 0.1) is 5.92 Å². The van der Waals surface area contributed by atoms with Gasteiger partial charge in [-0.1, -0.05) is 66.7 Å². The number of piperidine rings is 1. The minimum atomic E-state index is 0.124. The molecule has 4 rings (SSSR count). The molecule has 0 amide bonds. The second kappa shape index (κ2) is 8.17. The number of benzene rings is 2. The maximum Gasteiger partial charge on any atom is 0.0425 e. The minimum absolute atomic E-state index is 0.124. The molecule has 3 heteroatoms. The number of hydrogen-bond acceptors (Lipinski definition) is 3. The normalized spacial score (nSPS) is 22.2. The first-order chi connectivity index (χ1) is 12.8. The Morgan fingerprint density at radius 2 is 1.69 bits per heavy atom. The lowest BCUT2D eigenvalue weighted by molar-refractivity contribution is 0.137. The van der Waals surface area contributed by atoms with Crippen molar-refractivity contribution in [3.8, 4) is 0 Å². The molecule has 0 radical (unpaired) electrons. The van der Waals surface area contributed by atoms with Crippen molar-refractivity contribution < 1.29 is 0 Å². The second-order valence-corrected chi connectivity index (χ2v) is 8.21. The first-order valence-corrected chi connectivity index (χ1v) is 10.3. The molecular weight excluding hydrogens is 336 g/mol. The van der Waals surface area contributed by atoms with Gasteiger partial charge in [-0.3, -0.25) is 4.90 Å². The SMILES string of the molecule is NC(c1cccs1)C1CCN(Cc2ccccc2)CC1c1ccccc1. The first-order valence-electron chi connectivity index (χ1n) is 9.41. The minimum Gasteiger partial charge on any atom is -0.323 e. The van der Waals surface area contributed by atoms with Crippen molar-refractivity contribution in [1.82, 2.24) is 4.90 Å². The summed E-state index contributed by atoms with van der Waals surface area (Å²) >= 11 is 1.79. The summed E-state index contributed by atoms with van der Waals surface area (Å²) < 4.78 is 0. The van der Waals surface area contributed by atoms with E-state index in [0.717, 1.165) is 26.1 Å². The van der Waals surface area contributed by atoms with Gasteiger partial charge in [-0.05, 0) is 41.5 Å². The van der Waals surface area contributed by atoms with Crippen LogP contribution in [-0.4, -0.2) is 18.0 Å². The van der Waals surface area contributed by atoms with Gasteiger partial charge >= 0.3 is 0 Å². The predicted molar refractivity (Wildman–Crippen MR) is 110 cm³/mol. The summed E-state index contributed by atoms with van der Waals surface area (Å²) in [5.74, 6) is 0.967. The van der Waals surface area contributed by atoms with Crippen LogP contribution < -0.4 is 5.73 Å². The highest BCUT2D eigenvalue weighted by Crippen LogP contribution is 2.40. The zero-order valence-corrected chi connectivity index (χ0v) is 15.8. The van der Waals surface area contributed by atoms with Crippen molar-refractivity contribution in [2.75, 3.05) is 13.1 Å². The highest BCUT2D eigenvalue weighted by atomic mass is 32.1. The number of thiophene rings is 1. The molecule has 0 spiro atoms. The fourth-order valence-electron chi connectivity index (χ4n) is 4.20. The number of likely N-dealkylation sites (tertiary alicyclic amines) is 1. The molecule has 2 nitrogen and oxygen atoms in total. The number of rotatable bonds is 5. The van der Waals surface area contributed by atoms with Crippen molar-refractivity contribution in [1.29, 1.82) is 0 Å². The fourth-order valence-corrected chi connectivity index (χ4v) is 5.00. The van der Waals surface area contributed by atoms with E-state index < -0.39 is 0 Å². The molecule has 134 valence electrons. The lowest BCUT2D eigenvalue weighted by atomic mass is 9.76. The number of hydrogen-bond donors (Lipinski definition) is 1. The first kappa shape index (κ1) is 17.5. The maximum absolute atomic E-state index is 6.73. The van der Waals surface area contributed by atoms with E-state index in [2.05, 4.69) is 83.1 Å². The summed E-state index contributed by atoms with van der Waals surface area (Å²) in [6.07, 6.45) is 1.14. The van der Waals surface area contributed by atoms with E-state index in [9.17, 15) is 0 Å². The molecule has 26 heavy (non-hydrogen) atoms. The Balaban J connectivity index is 1.56. The quantitative estimate of drug-likeness (QED) is 0.688. The molecule has 2 N–H and O–H groups in total. The topological polar surface area (TPSA) is 29.3 Å². The molecule has 1 fully saturated rings. The number of nitrogens with two attached hydrogens (primary N) is 1. The highest BCUT2D eigenvalue weighted by molar-refractivity contribution is 7.10. The lowest BCUT2D eigenvalue weighted by Gasteiger charge is -2.41.